The summed E-state index contributed by atoms with van der Waals surface area (Å²) in [6, 6.07) is 9.65. The van der Waals surface area contributed by atoms with Crippen LogP contribution in [0.25, 0.3) is 0 Å². The molecule has 21 heavy (non-hydrogen) atoms. The van der Waals surface area contributed by atoms with Crippen molar-refractivity contribution >= 4 is 18.0 Å². The number of nitrogens with one attached hydrogen (secondary N) is 1. The molecule has 0 atom stereocenters. The summed E-state index contributed by atoms with van der Waals surface area (Å²) in [5.74, 6) is -0.663. The van der Waals surface area contributed by atoms with Crippen molar-refractivity contribution in [3.63, 3.8) is 0 Å². The van der Waals surface area contributed by atoms with Crippen molar-refractivity contribution in [3.05, 3.63) is 35.9 Å². The Kier molecular flexibility index (Phi) is 10.2. The SMILES string of the molecule is CC.CCC(=O)OCc1ccccc1.O=C1CNC(=O)O1. The minimum atomic E-state index is -0.648. The predicted molar refractivity (Wildman–Crippen MR) is 77.4 cm³/mol. The first kappa shape index (κ1) is 18.6. The Morgan fingerprint density at radius 3 is 2.24 bits per heavy atom. The van der Waals surface area contributed by atoms with Crippen LogP contribution in [-0.4, -0.2) is 24.6 Å². The van der Waals surface area contributed by atoms with Crippen LogP contribution in [-0.2, 0) is 25.7 Å². The minimum Gasteiger partial charge on any atom is -0.461 e. The Labute approximate surface area is 124 Å². The summed E-state index contributed by atoms with van der Waals surface area (Å²) in [6.07, 6.45) is -0.211. The summed E-state index contributed by atoms with van der Waals surface area (Å²) >= 11 is 0. The van der Waals surface area contributed by atoms with Crippen LogP contribution >= 0.6 is 0 Å². The second-order valence-corrected chi connectivity index (χ2v) is 3.61. The van der Waals surface area contributed by atoms with Crippen LogP contribution in [0.2, 0.25) is 0 Å². The second-order valence-electron chi connectivity index (χ2n) is 3.61. The molecule has 1 amide bonds. The Balaban J connectivity index is 0.000000377. The van der Waals surface area contributed by atoms with Gasteiger partial charge in [0.05, 0.1) is 0 Å². The van der Waals surface area contributed by atoms with Crippen LogP contribution in [0.15, 0.2) is 30.3 Å². The van der Waals surface area contributed by atoms with E-state index in [4.69, 9.17) is 4.74 Å². The van der Waals surface area contributed by atoms with E-state index >= 15 is 0 Å². The minimum absolute atomic E-state index is 0.0127. The maximum absolute atomic E-state index is 10.8. The van der Waals surface area contributed by atoms with Crippen LogP contribution in [0.4, 0.5) is 4.79 Å². The third-order valence-corrected chi connectivity index (χ3v) is 2.11. The number of rotatable bonds is 3. The molecule has 1 aliphatic heterocycles. The van der Waals surface area contributed by atoms with E-state index in [1.54, 1.807) is 6.92 Å². The first-order valence-corrected chi connectivity index (χ1v) is 6.80. The Morgan fingerprint density at radius 1 is 1.24 bits per heavy atom. The van der Waals surface area contributed by atoms with E-state index in [-0.39, 0.29) is 12.5 Å². The molecule has 1 heterocycles. The highest BCUT2D eigenvalue weighted by Crippen LogP contribution is 2.00. The van der Waals surface area contributed by atoms with Crippen molar-refractivity contribution < 1.29 is 23.9 Å². The largest absolute Gasteiger partial charge is 0.461 e. The molecule has 2 rings (SSSR count). The number of hydrogen-bond acceptors (Lipinski definition) is 5. The average Bonchev–Trinajstić information content (AvgIpc) is 2.91. The molecule has 1 saturated heterocycles. The second kappa shape index (κ2) is 11.5. The molecule has 0 spiro atoms. The molecule has 0 bridgehead atoms. The fourth-order valence-corrected chi connectivity index (χ4v) is 1.16. The van der Waals surface area contributed by atoms with Crippen molar-refractivity contribution in [2.24, 2.45) is 0 Å². The van der Waals surface area contributed by atoms with Gasteiger partial charge in [-0.15, -0.1) is 0 Å². The Bertz CT molecular complexity index is 431. The molecule has 0 saturated carbocycles. The number of alkyl carbamates (subject to hydrolysis) is 1. The molecule has 0 aliphatic carbocycles. The standard InChI is InChI=1S/C10H12O2.C3H3NO3.C2H6/c1-2-10(11)12-8-9-6-4-3-5-7-9;5-2-1-4-3(6)7-2;1-2/h3-7H,2,8H2,1H3;1H2,(H,4,6);1-2H3. The highest BCUT2D eigenvalue weighted by atomic mass is 16.6. The maximum Gasteiger partial charge on any atom is 0.415 e. The molecule has 0 radical (unpaired) electrons. The van der Waals surface area contributed by atoms with Crippen molar-refractivity contribution in [3.8, 4) is 0 Å². The maximum atomic E-state index is 10.8. The molecule has 116 valence electrons. The lowest BCUT2D eigenvalue weighted by Crippen LogP contribution is -2.12. The van der Waals surface area contributed by atoms with E-state index in [9.17, 15) is 14.4 Å². The van der Waals surface area contributed by atoms with Crippen LogP contribution in [0, 0.1) is 0 Å². The van der Waals surface area contributed by atoms with Gasteiger partial charge in [0.2, 0.25) is 0 Å². The quantitative estimate of drug-likeness (QED) is 0.684. The van der Waals surface area contributed by atoms with Crippen molar-refractivity contribution in [2.75, 3.05) is 6.54 Å². The third kappa shape index (κ3) is 9.21. The van der Waals surface area contributed by atoms with E-state index < -0.39 is 12.1 Å². The summed E-state index contributed by atoms with van der Waals surface area (Å²) in [7, 11) is 0. The lowest BCUT2D eigenvalue weighted by atomic mass is 10.2. The molecular weight excluding hydrogens is 274 g/mol. The number of carbonyl (C=O) groups is 3. The fourth-order valence-electron chi connectivity index (χ4n) is 1.16. The van der Waals surface area contributed by atoms with E-state index in [0.717, 1.165) is 5.56 Å². The topological polar surface area (TPSA) is 81.7 Å². The van der Waals surface area contributed by atoms with E-state index in [0.29, 0.717) is 13.0 Å². The van der Waals surface area contributed by atoms with E-state index in [1.165, 1.54) is 0 Å². The smallest absolute Gasteiger partial charge is 0.415 e. The molecule has 1 fully saturated rings. The van der Waals surface area contributed by atoms with Crippen molar-refractivity contribution in [1.82, 2.24) is 5.32 Å². The van der Waals surface area contributed by atoms with Gasteiger partial charge in [-0.2, -0.15) is 0 Å². The van der Waals surface area contributed by atoms with Gasteiger partial charge in [-0.3, -0.25) is 4.79 Å². The van der Waals surface area contributed by atoms with Crippen LogP contribution in [0.3, 0.4) is 0 Å². The predicted octanol–water partition coefficient (Wildman–Crippen LogP) is 2.42. The lowest BCUT2D eigenvalue weighted by molar-refractivity contribution is -0.144. The van der Waals surface area contributed by atoms with Crippen LogP contribution in [0.5, 0.6) is 0 Å². The number of carbonyl (C=O) groups excluding carboxylic acids is 3. The number of benzene rings is 1. The average molecular weight is 295 g/mol. The third-order valence-electron chi connectivity index (χ3n) is 2.11. The highest BCUT2D eigenvalue weighted by molar-refractivity contribution is 5.92. The number of amides is 1. The monoisotopic (exact) mass is 295 g/mol. The molecule has 1 aromatic rings. The van der Waals surface area contributed by atoms with Gasteiger partial charge >= 0.3 is 18.0 Å². The first-order valence-electron chi connectivity index (χ1n) is 6.80. The van der Waals surface area contributed by atoms with Gasteiger partial charge in [0.1, 0.15) is 13.2 Å². The number of ether oxygens (including phenoxy) is 2. The molecule has 6 heteroatoms. The first-order chi connectivity index (χ1) is 10.1. The van der Waals surface area contributed by atoms with Gasteiger partial charge in [0.25, 0.3) is 0 Å². The van der Waals surface area contributed by atoms with E-state index in [1.807, 2.05) is 44.2 Å². The molecule has 1 N–H and O–H groups in total. The van der Waals surface area contributed by atoms with Gasteiger partial charge in [0.15, 0.2) is 0 Å². The fraction of sp³-hybridized carbons (Fsp3) is 0.400. The van der Waals surface area contributed by atoms with Crippen molar-refractivity contribution in [2.45, 2.75) is 33.8 Å². The Hall–Kier alpha value is -2.37. The van der Waals surface area contributed by atoms with Gasteiger partial charge in [-0.1, -0.05) is 51.1 Å². The highest BCUT2D eigenvalue weighted by Gasteiger charge is 2.17. The Morgan fingerprint density at radius 2 is 1.86 bits per heavy atom. The number of esters is 2. The molecule has 1 aromatic carbocycles. The van der Waals surface area contributed by atoms with Crippen LogP contribution in [0.1, 0.15) is 32.8 Å². The van der Waals surface area contributed by atoms with Gasteiger partial charge in [-0.25, -0.2) is 9.59 Å². The zero-order chi connectivity index (χ0) is 16.1. The van der Waals surface area contributed by atoms with Crippen molar-refractivity contribution in [1.29, 1.82) is 0 Å². The van der Waals surface area contributed by atoms with Gasteiger partial charge in [-0.05, 0) is 5.56 Å². The number of hydrogen-bond donors (Lipinski definition) is 1. The molecule has 0 aromatic heterocycles. The summed E-state index contributed by atoms with van der Waals surface area (Å²) < 4.78 is 8.91. The lowest BCUT2D eigenvalue weighted by Gasteiger charge is -2.01. The molecule has 1 aliphatic rings. The summed E-state index contributed by atoms with van der Waals surface area (Å²) in [5.41, 5.74) is 1.03. The summed E-state index contributed by atoms with van der Waals surface area (Å²) in [5, 5.41) is 2.16. The zero-order valence-electron chi connectivity index (χ0n) is 12.5. The van der Waals surface area contributed by atoms with Crippen LogP contribution < -0.4 is 5.32 Å². The normalized spacial score (nSPS) is 12.0. The van der Waals surface area contributed by atoms with Gasteiger partial charge in [0, 0.05) is 6.42 Å². The molecule has 6 nitrogen and oxygen atoms in total. The van der Waals surface area contributed by atoms with E-state index in [2.05, 4.69) is 10.1 Å². The molecule has 0 unspecified atom stereocenters. The zero-order valence-corrected chi connectivity index (χ0v) is 12.5. The summed E-state index contributed by atoms with van der Waals surface area (Å²) in [6.45, 7) is 6.18. The summed E-state index contributed by atoms with van der Waals surface area (Å²) in [4.78, 5) is 30.6. The number of cyclic esters (lactones) is 2. The van der Waals surface area contributed by atoms with Gasteiger partial charge < -0.3 is 14.8 Å². The molecular formula is C15H21NO5.